The quantitative estimate of drug-likeness (QED) is 0.146. The molecule has 0 nitrogen and oxygen atoms in total. The van der Waals surface area contributed by atoms with E-state index in [-0.39, 0.29) is 10.8 Å². The van der Waals surface area contributed by atoms with Crippen molar-refractivity contribution in [3.05, 3.63) is 153 Å². The van der Waals surface area contributed by atoms with Gasteiger partial charge in [-0.25, -0.2) is 0 Å². The third-order valence-electron chi connectivity index (χ3n) is 8.42. The van der Waals surface area contributed by atoms with E-state index < -0.39 is 8.07 Å². The van der Waals surface area contributed by atoms with E-state index in [1.165, 1.54) is 44.5 Å². The van der Waals surface area contributed by atoms with Crippen molar-refractivity contribution >= 4 is 35.2 Å². The molecule has 0 fully saturated rings. The largest absolute Gasteiger partial charge is 0.129 e. The third kappa shape index (κ3) is 8.70. The van der Waals surface area contributed by atoms with Gasteiger partial charge in [-0.05, 0) is 99.4 Å². The lowest BCUT2D eigenvalue weighted by molar-refractivity contribution is 0.527. The molecule has 0 unspecified atom stereocenters. The number of hydrogen-bond acceptors (Lipinski definition) is 0. The van der Waals surface area contributed by atoms with Crippen molar-refractivity contribution in [1.29, 1.82) is 0 Å². The maximum Gasteiger partial charge on any atom is 0.129 e. The van der Waals surface area contributed by atoms with Gasteiger partial charge in [0, 0.05) is 10.0 Å². The van der Waals surface area contributed by atoms with E-state index in [2.05, 4.69) is 196 Å². The molecule has 0 bridgehead atoms. The van der Waals surface area contributed by atoms with Gasteiger partial charge >= 0.3 is 0 Å². The molecule has 0 saturated carbocycles. The number of allylic oxidation sites excluding steroid dienone is 2. The zero-order chi connectivity index (χ0) is 33.5. The number of fused-ring (bicyclic) bond motifs is 2. The molecule has 0 amide bonds. The van der Waals surface area contributed by atoms with Crippen molar-refractivity contribution in [2.45, 2.75) is 77.9 Å². The van der Waals surface area contributed by atoms with Crippen molar-refractivity contribution in [2.24, 2.45) is 0 Å². The van der Waals surface area contributed by atoms with E-state index in [1.54, 1.807) is 6.92 Å². The Hall–Kier alpha value is -3.82. The van der Waals surface area contributed by atoms with Crippen molar-refractivity contribution in [3.8, 4) is 23.8 Å². The van der Waals surface area contributed by atoms with Gasteiger partial charge in [-0.15, -0.1) is 17.9 Å². The minimum absolute atomic E-state index is 0.179. The standard InChI is InChI=1S/C23H26Si.C18H17Br.C3H4/c1-23(2)15-13-20(19-9-7-6-8-10-19)21-17-18(11-12-22(21)23)14-16-24(3,4)5;1-18(2)11-10-15(13-6-4-3-5-7-13)16-12-14(19)8-9-17(16)18;1-3-2/h6-13,17H,15H2,1-5H3;3-10,12H,11H2,1-2H3;1H,2H3. The summed E-state index contributed by atoms with van der Waals surface area (Å²) in [7, 11) is -1.36. The van der Waals surface area contributed by atoms with E-state index in [9.17, 15) is 0 Å². The fourth-order valence-electron chi connectivity index (χ4n) is 5.96. The molecule has 0 saturated heterocycles. The molecule has 0 spiro atoms. The molecule has 0 radical (unpaired) electrons. The van der Waals surface area contributed by atoms with E-state index in [0.29, 0.717) is 0 Å². The van der Waals surface area contributed by atoms with Crippen LogP contribution in [0.15, 0.2) is 114 Å². The van der Waals surface area contributed by atoms with Crippen LogP contribution >= 0.6 is 15.9 Å². The van der Waals surface area contributed by atoms with Gasteiger partial charge in [-0.3, -0.25) is 0 Å². The smallest absolute Gasteiger partial charge is 0.127 e. The normalized spacial score (nSPS) is 15.3. The number of hydrogen-bond donors (Lipinski definition) is 0. The van der Waals surface area contributed by atoms with Gasteiger partial charge in [0.15, 0.2) is 0 Å². The summed E-state index contributed by atoms with van der Waals surface area (Å²) in [5.74, 6) is 5.67. The Bertz CT molecular complexity index is 1830. The van der Waals surface area contributed by atoms with Gasteiger partial charge in [0.1, 0.15) is 8.07 Å². The molecule has 0 heterocycles. The topological polar surface area (TPSA) is 0 Å². The molecule has 2 heteroatoms. The maximum absolute atomic E-state index is 4.60. The first-order valence-electron chi connectivity index (χ1n) is 16.1. The molecule has 46 heavy (non-hydrogen) atoms. The Morgan fingerprint density at radius 1 is 0.652 bits per heavy atom. The second-order valence-corrected chi connectivity index (χ2v) is 20.0. The Morgan fingerprint density at radius 2 is 1.09 bits per heavy atom. The molecule has 2 aliphatic rings. The molecule has 0 aromatic heterocycles. The average Bonchev–Trinajstić information content (AvgIpc) is 3.01. The molecular formula is C44H47BrSi. The fraction of sp³-hybridized carbons (Fsp3) is 0.273. The lowest BCUT2D eigenvalue weighted by Gasteiger charge is -2.32. The van der Waals surface area contributed by atoms with Crippen LogP contribution in [0.3, 0.4) is 0 Å². The molecular weight excluding hydrogens is 636 g/mol. The van der Waals surface area contributed by atoms with E-state index in [1.807, 2.05) is 0 Å². The first-order valence-corrected chi connectivity index (χ1v) is 20.4. The molecule has 2 aliphatic carbocycles. The highest BCUT2D eigenvalue weighted by Crippen LogP contribution is 2.43. The van der Waals surface area contributed by atoms with Gasteiger partial charge in [0.2, 0.25) is 0 Å². The van der Waals surface area contributed by atoms with Crippen LogP contribution in [0.2, 0.25) is 19.6 Å². The second-order valence-electron chi connectivity index (χ2n) is 14.4. The van der Waals surface area contributed by atoms with Crippen LogP contribution in [-0.2, 0) is 10.8 Å². The summed E-state index contributed by atoms with van der Waals surface area (Å²) in [6.07, 6.45) is 11.5. The molecule has 0 N–H and O–H groups in total. The highest BCUT2D eigenvalue weighted by atomic mass is 79.9. The number of benzene rings is 4. The minimum Gasteiger partial charge on any atom is -0.127 e. The Labute approximate surface area is 288 Å². The first-order chi connectivity index (χ1) is 21.8. The summed E-state index contributed by atoms with van der Waals surface area (Å²) in [6, 6.07) is 34.8. The zero-order valence-corrected chi connectivity index (χ0v) is 31.3. The van der Waals surface area contributed by atoms with Crippen molar-refractivity contribution in [1.82, 2.24) is 0 Å². The summed E-state index contributed by atoms with van der Waals surface area (Å²) in [5.41, 5.74) is 15.9. The lowest BCUT2D eigenvalue weighted by atomic mass is 9.72. The highest BCUT2D eigenvalue weighted by molar-refractivity contribution is 9.10. The minimum atomic E-state index is -1.36. The molecule has 6 rings (SSSR count). The van der Waals surface area contributed by atoms with E-state index >= 15 is 0 Å². The Kier molecular flexibility index (Phi) is 11.2. The van der Waals surface area contributed by atoms with Gasteiger partial charge in [-0.1, -0.05) is 154 Å². The summed E-state index contributed by atoms with van der Waals surface area (Å²) in [6.45, 7) is 17.8. The Balaban J connectivity index is 0.000000197. The van der Waals surface area contributed by atoms with Gasteiger partial charge < -0.3 is 0 Å². The van der Waals surface area contributed by atoms with Crippen molar-refractivity contribution in [3.63, 3.8) is 0 Å². The molecule has 234 valence electrons. The molecule has 0 atom stereocenters. The van der Waals surface area contributed by atoms with Crippen LogP contribution in [0.4, 0.5) is 0 Å². The van der Waals surface area contributed by atoms with Crippen LogP contribution in [0.5, 0.6) is 0 Å². The molecule has 4 aromatic carbocycles. The average molecular weight is 684 g/mol. The van der Waals surface area contributed by atoms with E-state index in [4.69, 9.17) is 0 Å². The number of terminal acetylenes is 1. The highest BCUT2D eigenvalue weighted by Gasteiger charge is 2.29. The van der Waals surface area contributed by atoms with Gasteiger partial charge in [0.25, 0.3) is 0 Å². The molecule has 0 aliphatic heterocycles. The van der Waals surface area contributed by atoms with Gasteiger partial charge in [-0.2, -0.15) is 0 Å². The number of halogens is 1. The van der Waals surface area contributed by atoms with Crippen LogP contribution in [0.1, 0.15) is 86.4 Å². The predicted molar refractivity (Wildman–Crippen MR) is 208 cm³/mol. The van der Waals surface area contributed by atoms with Crippen LogP contribution in [-0.4, -0.2) is 8.07 Å². The second kappa shape index (κ2) is 14.7. The SMILES string of the molecule is C#CC.CC1(C)CC=C(c2ccccc2)c2cc(Br)ccc21.CC1(C)CC=C(c2ccccc2)c2cc(C#C[Si](C)(C)C)ccc21. The van der Waals surface area contributed by atoms with Crippen LogP contribution in [0, 0.1) is 23.8 Å². The lowest BCUT2D eigenvalue weighted by Crippen LogP contribution is -2.22. The predicted octanol–water partition coefficient (Wildman–Crippen LogP) is 12.2. The third-order valence-corrected chi connectivity index (χ3v) is 9.79. The number of rotatable bonds is 2. The fourth-order valence-corrected chi connectivity index (χ4v) is 6.84. The monoisotopic (exact) mass is 682 g/mol. The van der Waals surface area contributed by atoms with Gasteiger partial charge in [0.05, 0.1) is 0 Å². The zero-order valence-electron chi connectivity index (χ0n) is 28.8. The summed E-state index contributed by atoms with van der Waals surface area (Å²) >= 11 is 3.60. The van der Waals surface area contributed by atoms with Crippen molar-refractivity contribution in [2.75, 3.05) is 0 Å². The summed E-state index contributed by atoms with van der Waals surface area (Å²) in [4.78, 5) is 0. The molecule has 4 aromatic rings. The summed E-state index contributed by atoms with van der Waals surface area (Å²) in [5, 5.41) is 0. The summed E-state index contributed by atoms with van der Waals surface area (Å²) < 4.78 is 1.14. The van der Waals surface area contributed by atoms with E-state index in [0.717, 1.165) is 22.9 Å². The Morgan fingerprint density at radius 3 is 1.54 bits per heavy atom. The van der Waals surface area contributed by atoms with Crippen molar-refractivity contribution < 1.29 is 0 Å². The van der Waals surface area contributed by atoms with Crippen LogP contribution < -0.4 is 0 Å². The van der Waals surface area contributed by atoms with Crippen LogP contribution in [0.25, 0.3) is 11.1 Å². The first kappa shape index (κ1) is 35.0. The maximum atomic E-state index is 4.60.